The van der Waals surface area contributed by atoms with Crippen LogP contribution in [0.15, 0.2) is 41.8 Å². The van der Waals surface area contributed by atoms with E-state index in [9.17, 15) is 0 Å². The number of likely N-dealkylation sites (N-methyl/N-ethyl adjacent to an activating group) is 1. The van der Waals surface area contributed by atoms with Crippen LogP contribution >= 0.6 is 11.3 Å². The number of nitrogens with zero attached hydrogens (tertiary/aromatic N) is 1. The molecule has 0 aliphatic rings. The third-order valence-corrected chi connectivity index (χ3v) is 4.01. The smallest absolute Gasteiger partial charge is 0.119 e. The van der Waals surface area contributed by atoms with Crippen molar-refractivity contribution >= 4 is 11.3 Å². The Kier molecular flexibility index (Phi) is 6.05. The van der Waals surface area contributed by atoms with Crippen molar-refractivity contribution in [3.05, 3.63) is 52.2 Å². The molecule has 2 rings (SSSR count). The zero-order valence-corrected chi connectivity index (χ0v) is 13.0. The van der Waals surface area contributed by atoms with Crippen LogP contribution < -0.4 is 10.1 Å². The fourth-order valence-electron chi connectivity index (χ4n) is 2.06. The molecule has 108 valence electrons. The maximum atomic E-state index is 5.25. The van der Waals surface area contributed by atoms with Gasteiger partial charge in [-0.1, -0.05) is 18.2 Å². The Hall–Kier alpha value is -1.36. The lowest BCUT2D eigenvalue weighted by molar-refractivity contribution is 0.323. The molecular formula is C16H22N2OS. The van der Waals surface area contributed by atoms with E-state index in [2.05, 4.69) is 46.9 Å². The third kappa shape index (κ3) is 4.96. The Labute approximate surface area is 125 Å². The van der Waals surface area contributed by atoms with Crippen molar-refractivity contribution < 1.29 is 4.74 Å². The quantitative estimate of drug-likeness (QED) is 0.757. The monoisotopic (exact) mass is 290 g/mol. The van der Waals surface area contributed by atoms with Gasteiger partial charge in [0.15, 0.2) is 0 Å². The molecule has 4 heteroatoms. The van der Waals surface area contributed by atoms with Crippen LogP contribution in [-0.4, -0.2) is 32.1 Å². The van der Waals surface area contributed by atoms with E-state index in [4.69, 9.17) is 4.74 Å². The molecule has 0 saturated heterocycles. The standard InChI is InChI=1S/C16H22N2OS/c1-18(9-8-17-12-16-7-4-10-20-16)13-14-5-3-6-15(11-14)19-2/h3-7,10-11,17H,8-9,12-13H2,1-2H3. The summed E-state index contributed by atoms with van der Waals surface area (Å²) in [6.45, 7) is 3.93. The first-order valence-corrected chi connectivity index (χ1v) is 7.70. The Bertz CT molecular complexity index is 499. The Morgan fingerprint density at radius 3 is 2.90 bits per heavy atom. The highest BCUT2D eigenvalue weighted by atomic mass is 32.1. The third-order valence-electron chi connectivity index (χ3n) is 3.14. The van der Waals surface area contributed by atoms with E-state index in [0.29, 0.717) is 0 Å². The normalized spacial score (nSPS) is 10.9. The topological polar surface area (TPSA) is 24.5 Å². The number of thiophene rings is 1. The van der Waals surface area contributed by atoms with E-state index >= 15 is 0 Å². The highest BCUT2D eigenvalue weighted by Gasteiger charge is 2.01. The van der Waals surface area contributed by atoms with Gasteiger partial charge in [0.25, 0.3) is 0 Å². The molecule has 1 N–H and O–H groups in total. The van der Waals surface area contributed by atoms with Crippen molar-refractivity contribution in [1.82, 2.24) is 10.2 Å². The SMILES string of the molecule is COc1cccc(CN(C)CCNCc2cccs2)c1. The average molecular weight is 290 g/mol. The van der Waals surface area contributed by atoms with E-state index in [1.54, 1.807) is 18.4 Å². The maximum Gasteiger partial charge on any atom is 0.119 e. The molecule has 0 saturated carbocycles. The highest BCUT2D eigenvalue weighted by Crippen LogP contribution is 2.13. The van der Waals surface area contributed by atoms with Crippen LogP contribution in [0.1, 0.15) is 10.4 Å². The van der Waals surface area contributed by atoms with Gasteiger partial charge in [0, 0.05) is 31.1 Å². The average Bonchev–Trinajstić information content (AvgIpc) is 2.97. The summed E-state index contributed by atoms with van der Waals surface area (Å²) in [4.78, 5) is 3.70. The van der Waals surface area contributed by atoms with Crippen LogP contribution in [-0.2, 0) is 13.1 Å². The molecular weight excluding hydrogens is 268 g/mol. The van der Waals surface area contributed by atoms with Crippen LogP contribution in [0.4, 0.5) is 0 Å². The Morgan fingerprint density at radius 1 is 1.25 bits per heavy atom. The van der Waals surface area contributed by atoms with Crippen LogP contribution in [0, 0.1) is 0 Å². The zero-order chi connectivity index (χ0) is 14.2. The molecule has 0 unspecified atom stereocenters. The van der Waals surface area contributed by atoms with E-state index < -0.39 is 0 Å². The van der Waals surface area contributed by atoms with Gasteiger partial charge in [0.1, 0.15) is 5.75 Å². The number of hydrogen-bond donors (Lipinski definition) is 1. The van der Waals surface area contributed by atoms with Gasteiger partial charge in [0.2, 0.25) is 0 Å². The number of methoxy groups -OCH3 is 1. The fraction of sp³-hybridized carbons (Fsp3) is 0.375. The zero-order valence-electron chi connectivity index (χ0n) is 12.1. The molecule has 0 atom stereocenters. The van der Waals surface area contributed by atoms with Gasteiger partial charge >= 0.3 is 0 Å². The first-order chi connectivity index (χ1) is 9.78. The van der Waals surface area contributed by atoms with E-state index in [1.165, 1.54) is 10.4 Å². The molecule has 1 aromatic heterocycles. The molecule has 0 amide bonds. The Morgan fingerprint density at radius 2 is 2.15 bits per heavy atom. The van der Waals surface area contributed by atoms with Gasteiger partial charge < -0.3 is 15.0 Å². The molecule has 0 aliphatic carbocycles. The van der Waals surface area contributed by atoms with E-state index in [0.717, 1.165) is 31.9 Å². The van der Waals surface area contributed by atoms with E-state index in [-0.39, 0.29) is 0 Å². The lowest BCUT2D eigenvalue weighted by Gasteiger charge is -2.17. The molecule has 0 spiro atoms. The van der Waals surface area contributed by atoms with Crippen molar-refractivity contribution in [2.45, 2.75) is 13.1 Å². The summed E-state index contributed by atoms with van der Waals surface area (Å²) in [7, 11) is 3.85. The molecule has 1 aromatic carbocycles. The second kappa shape index (κ2) is 8.04. The molecule has 0 fully saturated rings. The molecule has 0 bridgehead atoms. The molecule has 0 radical (unpaired) electrons. The second-order valence-electron chi connectivity index (χ2n) is 4.85. The largest absolute Gasteiger partial charge is 0.497 e. The lowest BCUT2D eigenvalue weighted by atomic mass is 10.2. The minimum atomic E-state index is 0.923. The van der Waals surface area contributed by atoms with Crippen LogP contribution in [0.3, 0.4) is 0 Å². The fourth-order valence-corrected chi connectivity index (χ4v) is 2.73. The predicted molar refractivity (Wildman–Crippen MR) is 85.4 cm³/mol. The van der Waals surface area contributed by atoms with Crippen LogP contribution in [0.2, 0.25) is 0 Å². The Balaban J connectivity index is 1.68. The van der Waals surface area contributed by atoms with Crippen molar-refractivity contribution in [3.63, 3.8) is 0 Å². The van der Waals surface area contributed by atoms with Crippen molar-refractivity contribution in [2.24, 2.45) is 0 Å². The highest BCUT2D eigenvalue weighted by molar-refractivity contribution is 7.09. The molecule has 20 heavy (non-hydrogen) atoms. The van der Waals surface area contributed by atoms with Gasteiger partial charge in [-0.25, -0.2) is 0 Å². The van der Waals surface area contributed by atoms with Gasteiger partial charge in [0.05, 0.1) is 7.11 Å². The summed E-state index contributed by atoms with van der Waals surface area (Å²) < 4.78 is 5.25. The van der Waals surface area contributed by atoms with E-state index in [1.807, 2.05) is 12.1 Å². The second-order valence-corrected chi connectivity index (χ2v) is 5.88. The minimum absolute atomic E-state index is 0.923. The molecule has 2 aromatic rings. The van der Waals surface area contributed by atoms with Crippen molar-refractivity contribution in [1.29, 1.82) is 0 Å². The van der Waals surface area contributed by atoms with Gasteiger partial charge in [-0.2, -0.15) is 0 Å². The summed E-state index contributed by atoms with van der Waals surface area (Å²) in [6.07, 6.45) is 0. The van der Waals surface area contributed by atoms with Crippen molar-refractivity contribution in [2.75, 3.05) is 27.2 Å². The molecule has 1 heterocycles. The number of nitrogens with one attached hydrogen (secondary N) is 1. The summed E-state index contributed by atoms with van der Waals surface area (Å²) in [5, 5.41) is 5.59. The summed E-state index contributed by atoms with van der Waals surface area (Å²) in [5.41, 5.74) is 1.28. The first-order valence-electron chi connectivity index (χ1n) is 6.82. The molecule has 3 nitrogen and oxygen atoms in total. The van der Waals surface area contributed by atoms with Crippen LogP contribution in [0.25, 0.3) is 0 Å². The molecule has 0 aliphatic heterocycles. The maximum absolute atomic E-state index is 5.25. The van der Waals surface area contributed by atoms with Gasteiger partial charge in [-0.05, 0) is 36.2 Å². The summed E-state index contributed by atoms with van der Waals surface area (Å²) in [6, 6.07) is 12.5. The van der Waals surface area contributed by atoms with Crippen LogP contribution in [0.5, 0.6) is 5.75 Å². The lowest BCUT2D eigenvalue weighted by Crippen LogP contribution is -2.28. The van der Waals surface area contributed by atoms with Gasteiger partial charge in [-0.15, -0.1) is 11.3 Å². The minimum Gasteiger partial charge on any atom is -0.497 e. The van der Waals surface area contributed by atoms with Gasteiger partial charge in [-0.3, -0.25) is 0 Å². The number of hydrogen-bond acceptors (Lipinski definition) is 4. The number of rotatable bonds is 8. The summed E-state index contributed by atoms with van der Waals surface area (Å²) >= 11 is 1.80. The number of benzene rings is 1. The predicted octanol–water partition coefficient (Wildman–Crippen LogP) is 2.98. The summed E-state index contributed by atoms with van der Waals surface area (Å²) in [5.74, 6) is 0.923. The number of ether oxygens (including phenoxy) is 1. The van der Waals surface area contributed by atoms with Crippen molar-refractivity contribution in [3.8, 4) is 5.75 Å². The first kappa shape index (κ1) is 15.0.